The molecule has 0 fully saturated rings. The van der Waals surface area contributed by atoms with Crippen molar-refractivity contribution in [3.63, 3.8) is 0 Å². The molecule has 0 spiro atoms. The molecule has 7 aromatic carbocycles. The topological polar surface area (TPSA) is 56.7 Å². The molecule has 0 saturated carbocycles. The number of fused-ring (bicyclic) bond motifs is 6. The summed E-state index contributed by atoms with van der Waals surface area (Å²) in [6, 6.07) is 29.8. The van der Waals surface area contributed by atoms with Crippen molar-refractivity contribution in [1.82, 2.24) is 19.5 Å². The molecule has 0 atom stereocenters. The van der Waals surface area contributed by atoms with Crippen molar-refractivity contribution < 1.29 is 18.1 Å². The third kappa shape index (κ3) is 4.60. The summed E-state index contributed by atoms with van der Waals surface area (Å²) < 4.78 is 93.0. The zero-order valence-electron chi connectivity index (χ0n) is 36.1. The molecule has 0 radical (unpaired) electrons. The normalized spacial score (nSPS) is 14.4. The molecule has 0 aliphatic carbocycles. The first-order chi connectivity index (χ1) is 28.9. The third-order valence-corrected chi connectivity index (χ3v) is 8.84. The van der Waals surface area contributed by atoms with Gasteiger partial charge in [-0.05, 0) is 41.5 Å². The number of hydrogen-bond acceptors (Lipinski definition) is 4. The van der Waals surface area contributed by atoms with E-state index in [9.17, 15) is 0 Å². The van der Waals surface area contributed by atoms with Crippen molar-refractivity contribution in [2.75, 3.05) is 0 Å². The predicted octanol–water partition coefficient (Wildman–Crippen LogP) is 11.5. The number of furan rings is 1. The molecule has 5 heteroatoms. The summed E-state index contributed by atoms with van der Waals surface area (Å²) >= 11 is 0. The molecule has 234 valence electrons. The second kappa shape index (κ2) is 11.4. The molecule has 0 N–H and O–H groups in total. The van der Waals surface area contributed by atoms with E-state index in [4.69, 9.17) is 18.1 Å². The van der Waals surface area contributed by atoms with Gasteiger partial charge < -0.3 is 8.98 Å². The Hall–Kier alpha value is -6.85. The lowest BCUT2D eigenvalue weighted by Crippen LogP contribution is -2.00. The maximum absolute atomic E-state index is 8.70. The highest BCUT2D eigenvalue weighted by Crippen LogP contribution is 2.39. The van der Waals surface area contributed by atoms with Crippen LogP contribution in [0.5, 0.6) is 0 Å². The van der Waals surface area contributed by atoms with Crippen LogP contribution >= 0.6 is 0 Å². The second-order valence-electron chi connectivity index (χ2n) is 11.7. The molecule has 0 bridgehead atoms. The molecule has 0 aliphatic heterocycles. The Bertz CT molecular complexity index is 3310. The Morgan fingerprint density at radius 3 is 1.84 bits per heavy atom. The van der Waals surface area contributed by atoms with Crippen LogP contribution in [-0.2, 0) is 0 Å². The van der Waals surface area contributed by atoms with Gasteiger partial charge in [0, 0.05) is 50.0 Å². The van der Waals surface area contributed by atoms with E-state index in [2.05, 4.69) is 43.8 Å². The Morgan fingerprint density at radius 1 is 0.460 bits per heavy atom. The van der Waals surface area contributed by atoms with Gasteiger partial charge in [0.15, 0.2) is 17.5 Å². The number of para-hydroxylation sites is 1. The van der Waals surface area contributed by atoms with Crippen molar-refractivity contribution in [3.05, 3.63) is 170 Å². The molecular formula is C45H28N4O. The fourth-order valence-corrected chi connectivity index (χ4v) is 6.65. The number of hydrogen-bond donors (Lipinski definition) is 0. The third-order valence-electron chi connectivity index (χ3n) is 8.84. The monoisotopic (exact) mass is 650 g/mol. The van der Waals surface area contributed by atoms with Crippen LogP contribution < -0.4 is 0 Å². The fourth-order valence-electron chi connectivity index (χ4n) is 6.65. The highest BCUT2D eigenvalue weighted by Gasteiger charge is 2.18. The Morgan fingerprint density at radius 2 is 1.10 bits per heavy atom. The molecule has 0 saturated heterocycles. The van der Waals surface area contributed by atoms with Gasteiger partial charge >= 0.3 is 0 Å². The van der Waals surface area contributed by atoms with Crippen LogP contribution in [0.3, 0.4) is 0 Å². The Kier molecular flexibility index (Phi) is 4.52. The zero-order valence-corrected chi connectivity index (χ0v) is 26.1. The maximum Gasteiger partial charge on any atom is 0.164 e. The minimum atomic E-state index is -0.610. The lowest BCUT2D eigenvalue weighted by molar-refractivity contribution is 0.668. The summed E-state index contributed by atoms with van der Waals surface area (Å²) in [5, 5.41) is 3.83. The highest BCUT2D eigenvalue weighted by atomic mass is 16.3. The van der Waals surface area contributed by atoms with Crippen LogP contribution in [0, 0.1) is 0 Å². The lowest BCUT2D eigenvalue weighted by atomic mass is 9.99. The molecule has 5 nitrogen and oxygen atoms in total. The van der Waals surface area contributed by atoms with Gasteiger partial charge in [-0.1, -0.05) is 133 Å². The van der Waals surface area contributed by atoms with Gasteiger partial charge in [-0.3, -0.25) is 0 Å². The summed E-state index contributed by atoms with van der Waals surface area (Å²) in [7, 11) is 0. The van der Waals surface area contributed by atoms with E-state index < -0.39 is 60.4 Å². The Balaban J connectivity index is 1.22. The molecule has 0 aliphatic rings. The van der Waals surface area contributed by atoms with E-state index in [1.165, 1.54) is 0 Å². The first-order valence-corrected chi connectivity index (χ1v) is 15.9. The summed E-state index contributed by atoms with van der Waals surface area (Å²) in [6.45, 7) is 0. The zero-order chi connectivity index (χ0) is 41.7. The molecule has 3 aromatic heterocycles. The molecular weight excluding hydrogens is 613 g/mol. The Labute approximate surface area is 301 Å². The summed E-state index contributed by atoms with van der Waals surface area (Å²) in [4.78, 5) is 13.7. The van der Waals surface area contributed by atoms with E-state index in [1.54, 1.807) is 6.07 Å². The van der Waals surface area contributed by atoms with Crippen molar-refractivity contribution in [3.8, 4) is 51.0 Å². The van der Waals surface area contributed by atoms with Gasteiger partial charge in [0.05, 0.1) is 24.7 Å². The van der Waals surface area contributed by atoms with E-state index in [-0.39, 0.29) is 28.6 Å². The van der Waals surface area contributed by atoms with Crippen LogP contribution in [0.25, 0.3) is 94.7 Å². The average molecular weight is 651 g/mol. The smallest absolute Gasteiger partial charge is 0.164 e. The van der Waals surface area contributed by atoms with Crippen LogP contribution in [0.4, 0.5) is 0 Å². The number of rotatable bonds is 5. The van der Waals surface area contributed by atoms with Crippen LogP contribution in [0.15, 0.2) is 174 Å². The second-order valence-corrected chi connectivity index (χ2v) is 11.7. The molecule has 50 heavy (non-hydrogen) atoms. The SMILES string of the molecule is [2H]c1c([2H])c([2H])c(-c2nc(-c3ccc4c5ccccc5n(-c5ccc6c(c5)oc5cccc(-c7ccccc7)c56)c4c3)nc(-c3c([2H])c([2H])c([2H])c([2H])c3[2H])n2)c([2H])c1[2H]. The number of benzene rings is 7. The van der Waals surface area contributed by atoms with Gasteiger partial charge in [0.1, 0.15) is 11.2 Å². The first kappa shape index (κ1) is 19.8. The first-order valence-electron chi connectivity index (χ1n) is 20.9. The molecule has 3 heterocycles. The molecule has 0 unspecified atom stereocenters. The number of aromatic nitrogens is 4. The standard InChI is InChI=1S/C45H28N4O/c1-4-13-29(14-5-1)34-20-12-22-40-42(34)37-26-24-33(28-41(37)50-40)49-38-21-11-10-19-35(38)36-25-23-32(27-39(36)49)45-47-43(30-15-6-2-7-16-30)46-44(48-45)31-17-8-3-9-18-31/h1-28H/i2D,3D,6D,7D,8D,9D,15D,16D,17D,18D. The van der Waals surface area contributed by atoms with Gasteiger partial charge in [0.2, 0.25) is 0 Å². The van der Waals surface area contributed by atoms with Gasteiger partial charge in [-0.15, -0.1) is 0 Å². The summed E-state index contributed by atoms with van der Waals surface area (Å²) in [5.41, 5.74) is 5.81. The van der Waals surface area contributed by atoms with Gasteiger partial charge in [-0.25, -0.2) is 15.0 Å². The highest BCUT2D eigenvalue weighted by molar-refractivity contribution is 6.14. The van der Waals surface area contributed by atoms with Crippen molar-refractivity contribution in [2.24, 2.45) is 0 Å². The average Bonchev–Trinajstić information content (AvgIpc) is 3.81. The maximum atomic E-state index is 8.70. The molecule has 10 aromatic rings. The van der Waals surface area contributed by atoms with Crippen LogP contribution in [0.2, 0.25) is 0 Å². The summed E-state index contributed by atoms with van der Waals surface area (Å²) in [5.74, 6) is -0.678. The number of nitrogens with zero attached hydrogens (tertiary/aromatic N) is 4. The quantitative estimate of drug-likeness (QED) is 0.186. The molecule has 0 amide bonds. The van der Waals surface area contributed by atoms with Crippen molar-refractivity contribution >= 4 is 43.7 Å². The summed E-state index contributed by atoms with van der Waals surface area (Å²) in [6.07, 6.45) is 0. The van der Waals surface area contributed by atoms with E-state index in [0.29, 0.717) is 11.1 Å². The van der Waals surface area contributed by atoms with E-state index in [1.807, 2.05) is 78.9 Å². The lowest BCUT2D eigenvalue weighted by Gasteiger charge is -2.10. The predicted molar refractivity (Wildman–Crippen MR) is 203 cm³/mol. The minimum Gasteiger partial charge on any atom is -0.456 e. The molecule has 10 rings (SSSR count). The fraction of sp³-hybridized carbons (Fsp3) is 0. The largest absolute Gasteiger partial charge is 0.456 e. The minimum absolute atomic E-state index is 0.0199. The van der Waals surface area contributed by atoms with Gasteiger partial charge in [0.25, 0.3) is 0 Å². The van der Waals surface area contributed by atoms with E-state index in [0.717, 1.165) is 55.0 Å². The van der Waals surface area contributed by atoms with Crippen LogP contribution in [0.1, 0.15) is 13.7 Å². The van der Waals surface area contributed by atoms with Crippen molar-refractivity contribution in [2.45, 2.75) is 0 Å². The van der Waals surface area contributed by atoms with Gasteiger partial charge in [-0.2, -0.15) is 0 Å². The van der Waals surface area contributed by atoms with Crippen LogP contribution in [-0.4, -0.2) is 19.5 Å². The van der Waals surface area contributed by atoms with Crippen molar-refractivity contribution in [1.29, 1.82) is 0 Å². The van der Waals surface area contributed by atoms with E-state index >= 15 is 0 Å².